The van der Waals surface area contributed by atoms with Crippen molar-refractivity contribution in [1.82, 2.24) is 0 Å². The summed E-state index contributed by atoms with van der Waals surface area (Å²) in [6, 6.07) is 14.4. The molecule has 1 heterocycles. The highest BCUT2D eigenvalue weighted by molar-refractivity contribution is 5.57. The molecule has 0 amide bonds. The fourth-order valence-electron chi connectivity index (χ4n) is 2.94. The highest BCUT2D eigenvalue weighted by Crippen LogP contribution is 2.29. The third kappa shape index (κ3) is 3.18. The summed E-state index contributed by atoms with van der Waals surface area (Å²) in [5.74, 6) is 0.580. The first kappa shape index (κ1) is 13.9. The fraction of sp³-hybridized carbons (Fsp3) is 0.333. The molecule has 21 heavy (non-hydrogen) atoms. The maximum absolute atomic E-state index is 12.1. The van der Waals surface area contributed by atoms with Crippen LogP contribution in [0.1, 0.15) is 23.1 Å². The van der Waals surface area contributed by atoms with E-state index in [0.29, 0.717) is 5.75 Å². The summed E-state index contributed by atoms with van der Waals surface area (Å²) in [6.07, 6.45) is 2.36. The number of hydrogen-bond donors (Lipinski definition) is 0. The number of alkyl halides is 1. The third-order valence-corrected chi connectivity index (χ3v) is 3.97. The van der Waals surface area contributed by atoms with E-state index in [-0.39, 0.29) is 0 Å². The minimum Gasteiger partial charge on any atom is -0.463 e. The third-order valence-electron chi connectivity index (χ3n) is 3.97. The average Bonchev–Trinajstić information content (AvgIpc) is 2.49. The van der Waals surface area contributed by atoms with Crippen LogP contribution in [0.15, 0.2) is 42.5 Å². The van der Waals surface area contributed by atoms with Gasteiger partial charge in [-0.25, -0.2) is 4.39 Å². The Morgan fingerprint density at radius 2 is 1.95 bits per heavy atom. The lowest BCUT2D eigenvalue weighted by Crippen LogP contribution is -2.28. The van der Waals surface area contributed by atoms with Crippen LogP contribution in [0.5, 0.6) is 5.75 Å². The number of anilines is 1. The van der Waals surface area contributed by atoms with Crippen molar-refractivity contribution < 1.29 is 9.13 Å². The largest absolute Gasteiger partial charge is 0.463 e. The molecule has 0 fully saturated rings. The number of rotatable bonds is 4. The molecule has 3 rings (SSSR count). The topological polar surface area (TPSA) is 12.5 Å². The van der Waals surface area contributed by atoms with Gasteiger partial charge in [0, 0.05) is 18.8 Å². The Morgan fingerprint density at radius 3 is 2.71 bits per heavy atom. The summed E-state index contributed by atoms with van der Waals surface area (Å²) in [4.78, 5) is 2.42. The van der Waals surface area contributed by atoms with Gasteiger partial charge in [0.15, 0.2) is 0 Å². The molecular weight excluding hydrogens is 265 g/mol. The lowest BCUT2D eigenvalue weighted by molar-refractivity contribution is 0.191. The highest BCUT2D eigenvalue weighted by Gasteiger charge is 2.16. The van der Waals surface area contributed by atoms with E-state index in [4.69, 9.17) is 4.74 Å². The monoisotopic (exact) mass is 285 g/mol. The predicted octanol–water partition coefficient (Wildman–Crippen LogP) is 4.25. The van der Waals surface area contributed by atoms with Gasteiger partial charge in [-0.3, -0.25) is 0 Å². The Balaban J connectivity index is 1.77. The van der Waals surface area contributed by atoms with Gasteiger partial charge in [-0.05, 0) is 49.1 Å². The van der Waals surface area contributed by atoms with Crippen LogP contribution in [0.2, 0.25) is 0 Å². The smallest absolute Gasteiger partial charge is 0.228 e. The fourth-order valence-corrected chi connectivity index (χ4v) is 2.94. The van der Waals surface area contributed by atoms with E-state index in [1.54, 1.807) is 0 Å². The van der Waals surface area contributed by atoms with Crippen LogP contribution in [0.3, 0.4) is 0 Å². The molecule has 2 nitrogen and oxygen atoms in total. The Bertz CT molecular complexity index is 609. The molecule has 1 aliphatic heterocycles. The zero-order chi connectivity index (χ0) is 14.7. The minimum atomic E-state index is -0.780. The van der Waals surface area contributed by atoms with Crippen LogP contribution >= 0.6 is 0 Å². The molecule has 0 radical (unpaired) electrons. The van der Waals surface area contributed by atoms with E-state index >= 15 is 0 Å². The standard InChI is InChI=1S/C18H20FNO/c1-14-4-9-18-16(11-14)3-2-10-20(18)12-15-5-7-17(8-6-15)21-13-19/h4-9,11H,2-3,10,12-13H2,1H3. The van der Waals surface area contributed by atoms with Crippen LogP contribution in [-0.2, 0) is 13.0 Å². The minimum absolute atomic E-state index is 0.580. The molecule has 0 unspecified atom stereocenters. The van der Waals surface area contributed by atoms with Crippen LogP contribution in [-0.4, -0.2) is 13.4 Å². The predicted molar refractivity (Wildman–Crippen MR) is 83.6 cm³/mol. The first-order valence-corrected chi connectivity index (χ1v) is 7.38. The van der Waals surface area contributed by atoms with Crippen molar-refractivity contribution in [3.8, 4) is 5.75 Å². The van der Waals surface area contributed by atoms with Gasteiger partial charge in [-0.1, -0.05) is 29.8 Å². The van der Waals surface area contributed by atoms with Crippen molar-refractivity contribution in [2.24, 2.45) is 0 Å². The summed E-state index contributed by atoms with van der Waals surface area (Å²) >= 11 is 0. The average molecular weight is 285 g/mol. The number of benzene rings is 2. The number of ether oxygens (including phenoxy) is 1. The second kappa shape index (κ2) is 6.17. The first-order chi connectivity index (χ1) is 10.3. The summed E-state index contributed by atoms with van der Waals surface area (Å²) in [7, 11) is 0. The van der Waals surface area contributed by atoms with E-state index < -0.39 is 6.86 Å². The van der Waals surface area contributed by atoms with Crippen LogP contribution in [0, 0.1) is 6.92 Å². The molecule has 2 aromatic carbocycles. The number of halogens is 1. The van der Waals surface area contributed by atoms with Crippen molar-refractivity contribution in [2.75, 3.05) is 18.3 Å². The van der Waals surface area contributed by atoms with Crippen molar-refractivity contribution in [1.29, 1.82) is 0 Å². The van der Waals surface area contributed by atoms with Crippen LogP contribution in [0.25, 0.3) is 0 Å². The van der Waals surface area contributed by atoms with Crippen LogP contribution < -0.4 is 9.64 Å². The summed E-state index contributed by atoms with van der Waals surface area (Å²) in [6.45, 7) is 3.33. The molecule has 0 saturated carbocycles. The Kier molecular flexibility index (Phi) is 4.09. The summed E-state index contributed by atoms with van der Waals surface area (Å²) in [5, 5.41) is 0. The molecule has 0 atom stereocenters. The van der Waals surface area contributed by atoms with Crippen molar-refractivity contribution in [2.45, 2.75) is 26.3 Å². The Hall–Kier alpha value is -2.03. The maximum atomic E-state index is 12.1. The molecule has 3 heteroatoms. The maximum Gasteiger partial charge on any atom is 0.228 e. The molecule has 1 aliphatic rings. The number of hydrogen-bond acceptors (Lipinski definition) is 2. The SMILES string of the molecule is Cc1ccc2c(c1)CCCN2Cc1ccc(OCF)cc1. The molecule has 0 aliphatic carbocycles. The van der Waals surface area contributed by atoms with E-state index in [1.165, 1.54) is 28.8 Å². The van der Waals surface area contributed by atoms with Crippen molar-refractivity contribution in [3.63, 3.8) is 0 Å². The van der Waals surface area contributed by atoms with Crippen molar-refractivity contribution in [3.05, 3.63) is 59.2 Å². The molecule has 0 spiro atoms. The van der Waals surface area contributed by atoms with E-state index in [1.807, 2.05) is 24.3 Å². The normalized spacial score (nSPS) is 13.9. The molecule has 0 saturated heterocycles. The van der Waals surface area contributed by atoms with Gasteiger partial charge < -0.3 is 9.64 Å². The molecular formula is C18H20FNO. The van der Waals surface area contributed by atoms with Gasteiger partial charge >= 0.3 is 0 Å². The zero-order valence-corrected chi connectivity index (χ0v) is 12.3. The molecule has 2 aromatic rings. The molecule has 0 N–H and O–H groups in total. The first-order valence-electron chi connectivity index (χ1n) is 7.38. The Morgan fingerprint density at radius 1 is 1.14 bits per heavy atom. The molecule has 110 valence electrons. The van der Waals surface area contributed by atoms with Gasteiger partial charge in [0.1, 0.15) is 5.75 Å². The van der Waals surface area contributed by atoms with Gasteiger partial charge in [0.05, 0.1) is 0 Å². The Labute approximate surface area is 125 Å². The summed E-state index contributed by atoms with van der Waals surface area (Å²) < 4.78 is 17.0. The second-order valence-electron chi connectivity index (χ2n) is 5.55. The van der Waals surface area contributed by atoms with E-state index in [2.05, 4.69) is 30.0 Å². The zero-order valence-electron chi connectivity index (χ0n) is 12.3. The lowest BCUT2D eigenvalue weighted by atomic mass is 9.99. The van der Waals surface area contributed by atoms with Crippen molar-refractivity contribution >= 4 is 5.69 Å². The van der Waals surface area contributed by atoms with Gasteiger partial charge in [0.2, 0.25) is 6.86 Å². The van der Waals surface area contributed by atoms with Gasteiger partial charge in [-0.15, -0.1) is 0 Å². The number of aryl methyl sites for hydroxylation is 2. The highest BCUT2D eigenvalue weighted by atomic mass is 19.1. The number of fused-ring (bicyclic) bond motifs is 1. The van der Waals surface area contributed by atoms with E-state index in [0.717, 1.165) is 19.5 Å². The quantitative estimate of drug-likeness (QED) is 0.832. The van der Waals surface area contributed by atoms with Gasteiger partial charge in [-0.2, -0.15) is 0 Å². The van der Waals surface area contributed by atoms with Gasteiger partial charge in [0.25, 0.3) is 0 Å². The second-order valence-corrected chi connectivity index (χ2v) is 5.55. The molecule has 0 aromatic heterocycles. The van der Waals surface area contributed by atoms with Crippen LogP contribution in [0.4, 0.5) is 10.1 Å². The molecule has 0 bridgehead atoms. The summed E-state index contributed by atoms with van der Waals surface area (Å²) in [5.41, 5.74) is 5.33. The lowest BCUT2D eigenvalue weighted by Gasteiger charge is -2.31. The number of nitrogens with zero attached hydrogens (tertiary/aromatic N) is 1. The van der Waals surface area contributed by atoms with E-state index in [9.17, 15) is 4.39 Å².